The van der Waals surface area contributed by atoms with Gasteiger partial charge in [0.05, 0.1) is 0 Å². The van der Waals surface area contributed by atoms with Crippen molar-refractivity contribution in [2.75, 3.05) is 13.1 Å². The lowest BCUT2D eigenvalue weighted by Crippen LogP contribution is -1.82. The summed E-state index contributed by atoms with van der Waals surface area (Å²) in [6, 6.07) is 0. The second-order valence-electron chi connectivity index (χ2n) is 2.53. The van der Waals surface area contributed by atoms with Crippen molar-refractivity contribution in [1.29, 1.82) is 0 Å². The Hall–Kier alpha value is -1.02. The minimum atomic E-state index is 0.669. The van der Waals surface area contributed by atoms with Crippen molar-refractivity contribution in [3.8, 4) is 0 Å². The summed E-state index contributed by atoms with van der Waals surface area (Å²) in [6.45, 7) is 14.4. The third-order valence-electron chi connectivity index (χ3n) is 1.54. The van der Waals surface area contributed by atoms with Crippen molar-refractivity contribution in [1.82, 2.24) is 0 Å². The molecule has 0 aliphatic carbocycles. The molecule has 0 atom stereocenters. The first-order valence-electron chi connectivity index (χ1n) is 4.08. The van der Waals surface area contributed by atoms with Crippen LogP contribution in [0, 0.1) is 13.1 Å². The molecule has 2 heteroatoms. The Balaban J connectivity index is 2.82. The highest BCUT2D eigenvalue weighted by Crippen LogP contribution is 2.02. The summed E-state index contributed by atoms with van der Waals surface area (Å²) in [7, 11) is 0. The minimum Gasteiger partial charge on any atom is -0.317 e. The quantitative estimate of drug-likeness (QED) is 0.406. The van der Waals surface area contributed by atoms with Crippen molar-refractivity contribution < 1.29 is 0 Å². The van der Waals surface area contributed by atoms with Gasteiger partial charge in [0.25, 0.3) is 0 Å². The number of hydrogen-bond acceptors (Lipinski definition) is 0. The van der Waals surface area contributed by atoms with Crippen LogP contribution in [-0.2, 0) is 0 Å². The molecule has 0 heterocycles. The zero-order valence-corrected chi connectivity index (χ0v) is 6.84. The highest BCUT2D eigenvalue weighted by Gasteiger charge is 1.92. The molecule has 2 nitrogen and oxygen atoms in total. The number of rotatable bonds is 6. The predicted molar refractivity (Wildman–Crippen MR) is 46.0 cm³/mol. The normalized spacial score (nSPS) is 8.55. The minimum absolute atomic E-state index is 0.669. The van der Waals surface area contributed by atoms with Crippen LogP contribution in [0.1, 0.15) is 32.1 Å². The van der Waals surface area contributed by atoms with Crippen molar-refractivity contribution in [3.05, 3.63) is 22.8 Å². The molecule has 0 rings (SSSR count). The van der Waals surface area contributed by atoms with Gasteiger partial charge in [-0.05, 0) is 12.8 Å². The molecule has 0 saturated carbocycles. The van der Waals surface area contributed by atoms with E-state index in [1.54, 1.807) is 0 Å². The smallest absolute Gasteiger partial charge is 0.214 e. The fourth-order valence-corrected chi connectivity index (χ4v) is 0.912. The van der Waals surface area contributed by atoms with Crippen LogP contribution in [0.15, 0.2) is 0 Å². The van der Waals surface area contributed by atoms with Gasteiger partial charge in [0.1, 0.15) is 0 Å². The third kappa shape index (κ3) is 8.98. The highest BCUT2D eigenvalue weighted by atomic mass is 14.6. The fraction of sp³-hybridized carbons (Fsp3) is 0.778. The molecule has 0 aromatic carbocycles. The zero-order chi connectivity index (χ0) is 8.36. The van der Waals surface area contributed by atoms with Gasteiger partial charge in [-0.1, -0.05) is 6.42 Å². The second kappa shape index (κ2) is 8.98. The molecular weight excluding hydrogens is 136 g/mol. The van der Waals surface area contributed by atoms with Crippen LogP contribution in [0.3, 0.4) is 0 Å². The van der Waals surface area contributed by atoms with Crippen LogP contribution < -0.4 is 0 Å². The molecule has 0 radical (unpaired) electrons. The molecule has 0 aromatic heterocycles. The maximum absolute atomic E-state index is 6.53. The van der Waals surface area contributed by atoms with Gasteiger partial charge in [0, 0.05) is 12.8 Å². The summed E-state index contributed by atoms with van der Waals surface area (Å²) >= 11 is 0. The molecule has 0 unspecified atom stereocenters. The van der Waals surface area contributed by atoms with Gasteiger partial charge in [-0.15, -0.1) is 0 Å². The Morgan fingerprint density at radius 2 is 1.00 bits per heavy atom. The van der Waals surface area contributed by atoms with Crippen molar-refractivity contribution in [2.24, 2.45) is 0 Å². The summed E-state index contributed by atoms with van der Waals surface area (Å²) in [5.41, 5.74) is 0. The first-order valence-corrected chi connectivity index (χ1v) is 4.08. The maximum Gasteiger partial charge on any atom is 0.214 e. The maximum atomic E-state index is 6.53. The molecule has 0 spiro atoms. The van der Waals surface area contributed by atoms with Gasteiger partial charge >= 0.3 is 0 Å². The van der Waals surface area contributed by atoms with Gasteiger partial charge in [0.15, 0.2) is 0 Å². The standard InChI is InChI=1S/C9H14N2/c1-10-8-6-4-3-5-7-9-11-2/h3-9H2. The van der Waals surface area contributed by atoms with E-state index in [0.29, 0.717) is 13.1 Å². The van der Waals surface area contributed by atoms with Gasteiger partial charge in [0.2, 0.25) is 13.1 Å². The summed E-state index contributed by atoms with van der Waals surface area (Å²) < 4.78 is 0. The van der Waals surface area contributed by atoms with E-state index in [-0.39, 0.29) is 0 Å². The first-order chi connectivity index (χ1) is 5.41. The lowest BCUT2D eigenvalue weighted by atomic mass is 10.1. The number of nitrogens with zero attached hydrogens (tertiary/aromatic N) is 2. The zero-order valence-electron chi connectivity index (χ0n) is 6.84. The molecule has 0 aromatic rings. The van der Waals surface area contributed by atoms with E-state index in [9.17, 15) is 0 Å². The lowest BCUT2D eigenvalue weighted by Gasteiger charge is -1.92. The van der Waals surface area contributed by atoms with Gasteiger partial charge in [-0.3, -0.25) is 0 Å². The molecule has 0 N–H and O–H groups in total. The largest absolute Gasteiger partial charge is 0.317 e. The Bertz CT molecular complexity index is 132. The number of hydrogen-bond donors (Lipinski definition) is 0. The van der Waals surface area contributed by atoms with Crippen LogP contribution in [0.4, 0.5) is 0 Å². The average Bonchev–Trinajstić information content (AvgIpc) is 2.03. The van der Waals surface area contributed by atoms with Crippen LogP contribution in [0.25, 0.3) is 9.69 Å². The summed E-state index contributed by atoms with van der Waals surface area (Å²) in [5.74, 6) is 0. The monoisotopic (exact) mass is 150 g/mol. The Morgan fingerprint density at radius 1 is 0.636 bits per heavy atom. The van der Waals surface area contributed by atoms with E-state index in [2.05, 4.69) is 9.69 Å². The van der Waals surface area contributed by atoms with Gasteiger partial charge in [-0.25, -0.2) is 13.1 Å². The molecule has 0 amide bonds. The molecule has 0 saturated heterocycles. The molecule has 0 bridgehead atoms. The first kappa shape index (κ1) is 9.98. The SMILES string of the molecule is [C-]#[N+]CCCCCCC[N+]#[C-]. The summed E-state index contributed by atoms with van der Waals surface area (Å²) in [4.78, 5) is 6.54. The Morgan fingerprint density at radius 3 is 1.36 bits per heavy atom. The van der Waals surface area contributed by atoms with Gasteiger partial charge in [-0.2, -0.15) is 0 Å². The van der Waals surface area contributed by atoms with E-state index >= 15 is 0 Å². The van der Waals surface area contributed by atoms with Gasteiger partial charge < -0.3 is 9.69 Å². The van der Waals surface area contributed by atoms with E-state index in [1.807, 2.05) is 0 Å². The predicted octanol–water partition coefficient (Wildman–Crippen LogP) is 2.78. The molecule has 0 aliphatic heterocycles. The van der Waals surface area contributed by atoms with Crippen LogP contribution in [-0.4, -0.2) is 13.1 Å². The topological polar surface area (TPSA) is 8.72 Å². The van der Waals surface area contributed by atoms with Crippen molar-refractivity contribution in [2.45, 2.75) is 32.1 Å². The van der Waals surface area contributed by atoms with Crippen LogP contribution >= 0.6 is 0 Å². The fourth-order valence-electron chi connectivity index (χ4n) is 0.912. The van der Waals surface area contributed by atoms with Crippen molar-refractivity contribution in [3.63, 3.8) is 0 Å². The van der Waals surface area contributed by atoms with E-state index in [1.165, 1.54) is 6.42 Å². The number of unbranched alkanes of at least 4 members (excludes halogenated alkanes) is 4. The molecule has 11 heavy (non-hydrogen) atoms. The molecule has 0 aliphatic rings. The molecule has 60 valence electrons. The Labute approximate surface area is 68.9 Å². The second-order valence-corrected chi connectivity index (χ2v) is 2.53. The average molecular weight is 150 g/mol. The van der Waals surface area contributed by atoms with E-state index in [0.717, 1.165) is 25.7 Å². The van der Waals surface area contributed by atoms with E-state index in [4.69, 9.17) is 13.1 Å². The summed E-state index contributed by atoms with van der Waals surface area (Å²) in [5, 5.41) is 0. The lowest BCUT2D eigenvalue weighted by molar-refractivity contribution is 0.645. The van der Waals surface area contributed by atoms with Crippen molar-refractivity contribution >= 4 is 0 Å². The summed E-state index contributed by atoms with van der Waals surface area (Å²) in [6.07, 6.45) is 5.55. The molecular formula is C9H14N2. The molecule has 0 fully saturated rings. The highest BCUT2D eigenvalue weighted by molar-refractivity contribution is 4.60. The van der Waals surface area contributed by atoms with Crippen LogP contribution in [0.2, 0.25) is 0 Å². The third-order valence-corrected chi connectivity index (χ3v) is 1.54. The Kier molecular flexibility index (Phi) is 8.15. The van der Waals surface area contributed by atoms with Crippen LogP contribution in [0.5, 0.6) is 0 Å². The van der Waals surface area contributed by atoms with E-state index < -0.39 is 0 Å².